The third-order valence-corrected chi connectivity index (χ3v) is 4.34. The van der Waals surface area contributed by atoms with Gasteiger partial charge in [-0.05, 0) is 36.9 Å². The maximum Gasteiger partial charge on any atom is 0.238 e. The van der Waals surface area contributed by atoms with Crippen LogP contribution in [0, 0.1) is 5.82 Å². The summed E-state index contributed by atoms with van der Waals surface area (Å²) < 4.78 is 24.8. The lowest BCUT2D eigenvalue weighted by molar-refractivity contribution is -0.117. The van der Waals surface area contributed by atoms with Crippen molar-refractivity contribution in [3.63, 3.8) is 0 Å². The van der Waals surface area contributed by atoms with Crippen LogP contribution in [-0.2, 0) is 4.79 Å². The molecule has 1 atom stereocenters. The van der Waals surface area contributed by atoms with Gasteiger partial charge in [0, 0.05) is 12.2 Å². The lowest BCUT2D eigenvalue weighted by Gasteiger charge is -2.30. The summed E-state index contributed by atoms with van der Waals surface area (Å²) in [6, 6.07) is 11.6. The van der Waals surface area contributed by atoms with Crippen LogP contribution in [0.25, 0.3) is 0 Å². The Morgan fingerprint density at radius 3 is 2.81 bits per heavy atom. The van der Waals surface area contributed by atoms with E-state index < -0.39 is 5.82 Å². The first-order chi connectivity index (χ1) is 12.5. The molecule has 0 radical (unpaired) electrons. The van der Waals surface area contributed by atoms with Gasteiger partial charge in [-0.25, -0.2) is 4.39 Å². The fourth-order valence-electron chi connectivity index (χ4n) is 2.72. The number of para-hydroxylation sites is 2. The summed E-state index contributed by atoms with van der Waals surface area (Å²) in [7, 11) is 0. The van der Waals surface area contributed by atoms with Crippen molar-refractivity contribution in [1.82, 2.24) is 4.90 Å². The van der Waals surface area contributed by atoms with E-state index >= 15 is 0 Å². The van der Waals surface area contributed by atoms with Gasteiger partial charge in [-0.3, -0.25) is 9.69 Å². The number of carbonyl (C=O) groups is 1. The first kappa shape index (κ1) is 18.5. The number of hydrogen-bond acceptors (Lipinski definition) is 4. The zero-order valence-corrected chi connectivity index (χ0v) is 15.1. The van der Waals surface area contributed by atoms with E-state index in [2.05, 4.69) is 5.32 Å². The number of nitrogens with zero attached hydrogens (tertiary/aromatic N) is 1. The van der Waals surface area contributed by atoms with Crippen molar-refractivity contribution in [1.29, 1.82) is 0 Å². The fourth-order valence-corrected chi connectivity index (χ4v) is 2.90. The zero-order valence-electron chi connectivity index (χ0n) is 14.4. The molecule has 0 spiro atoms. The lowest BCUT2D eigenvalue weighted by atomic mass is 10.2. The van der Waals surface area contributed by atoms with Crippen molar-refractivity contribution in [2.75, 3.05) is 31.6 Å². The normalized spacial score (nSPS) is 15.8. The summed E-state index contributed by atoms with van der Waals surface area (Å²) >= 11 is 5.73. The molecular formula is C19H20ClFN2O3. The Bertz CT molecular complexity index is 787. The molecule has 26 heavy (non-hydrogen) atoms. The summed E-state index contributed by atoms with van der Waals surface area (Å²) in [5.74, 6) is 0.726. The Morgan fingerprint density at radius 2 is 2.08 bits per heavy atom. The minimum atomic E-state index is -0.519. The van der Waals surface area contributed by atoms with E-state index in [1.165, 1.54) is 18.2 Å². The van der Waals surface area contributed by atoms with E-state index in [4.69, 9.17) is 21.1 Å². The van der Waals surface area contributed by atoms with Crippen molar-refractivity contribution in [2.45, 2.75) is 13.0 Å². The van der Waals surface area contributed by atoms with E-state index in [1.807, 2.05) is 36.1 Å². The topological polar surface area (TPSA) is 50.8 Å². The van der Waals surface area contributed by atoms with Crippen LogP contribution in [0.1, 0.15) is 6.92 Å². The summed E-state index contributed by atoms with van der Waals surface area (Å²) in [5, 5.41) is 2.70. The number of nitrogens with one attached hydrogen (secondary N) is 1. The molecule has 7 heteroatoms. The molecule has 1 aliphatic rings. The van der Waals surface area contributed by atoms with Gasteiger partial charge in [-0.2, -0.15) is 0 Å². The number of ether oxygens (including phenoxy) is 2. The molecule has 0 aromatic heterocycles. The first-order valence-electron chi connectivity index (χ1n) is 8.41. The maximum absolute atomic E-state index is 13.2. The highest BCUT2D eigenvalue weighted by Crippen LogP contribution is 2.31. The van der Waals surface area contributed by atoms with Crippen LogP contribution < -0.4 is 14.8 Å². The Kier molecular flexibility index (Phi) is 5.96. The quantitative estimate of drug-likeness (QED) is 0.834. The van der Waals surface area contributed by atoms with E-state index in [0.29, 0.717) is 31.1 Å². The molecule has 2 aromatic carbocycles. The highest BCUT2D eigenvalue weighted by molar-refractivity contribution is 6.31. The molecule has 1 unspecified atom stereocenters. The van der Waals surface area contributed by atoms with Crippen LogP contribution in [0.2, 0.25) is 5.02 Å². The lowest BCUT2D eigenvalue weighted by Crippen LogP contribution is -2.43. The second-order valence-corrected chi connectivity index (χ2v) is 6.41. The molecule has 1 aliphatic heterocycles. The van der Waals surface area contributed by atoms with Crippen LogP contribution in [0.3, 0.4) is 0 Å². The highest BCUT2D eigenvalue weighted by atomic mass is 35.5. The molecular weight excluding hydrogens is 359 g/mol. The van der Waals surface area contributed by atoms with Crippen LogP contribution >= 0.6 is 11.6 Å². The second-order valence-electron chi connectivity index (χ2n) is 6.00. The smallest absolute Gasteiger partial charge is 0.238 e. The SMILES string of the molecule is CCN(CC(=O)Nc1ccc(F)c(Cl)c1)CC1COc2ccccc2O1. The van der Waals surface area contributed by atoms with Crippen molar-refractivity contribution in [2.24, 2.45) is 0 Å². The number of likely N-dealkylation sites (N-methyl/N-ethyl adjacent to an activating group) is 1. The van der Waals surface area contributed by atoms with Crippen LogP contribution in [-0.4, -0.2) is 43.2 Å². The predicted molar refractivity (Wildman–Crippen MR) is 98.5 cm³/mol. The van der Waals surface area contributed by atoms with Gasteiger partial charge in [0.1, 0.15) is 18.5 Å². The van der Waals surface area contributed by atoms with Gasteiger partial charge >= 0.3 is 0 Å². The molecule has 0 saturated carbocycles. The van der Waals surface area contributed by atoms with Gasteiger partial charge in [0.05, 0.1) is 11.6 Å². The molecule has 2 aromatic rings. The van der Waals surface area contributed by atoms with Crippen molar-refractivity contribution in [3.8, 4) is 11.5 Å². The van der Waals surface area contributed by atoms with Crippen LogP contribution in [0.5, 0.6) is 11.5 Å². The summed E-state index contributed by atoms with van der Waals surface area (Å²) in [6.07, 6.45) is -0.155. The number of anilines is 1. The van der Waals surface area contributed by atoms with Gasteiger partial charge in [-0.15, -0.1) is 0 Å². The average molecular weight is 379 g/mol. The van der Waals surface area contributed by atoms with Crippen LogP contribution in [0.4, 0.5) is 10.1 Å². The molecule has 138 valence electrons. The number of carbonyl (C=O) groups excluding carboxylic acids is 1. The standard InChI is InChI=1S/C19H20ClFN2O3/c1-2-23(10-14-12-25-17-5-3-4-6-18(17)26-14)11-19(24)22-13-7-8-16(21)15(20)9-13/h3-9,14H,2,10-12H2,1H3,(H,22,24). The Balaban J connectivity index is 1.54. The zero-order chi connectivity index (χ0) is 18.5. The van der Waals surface area contributed by atoms with E-state index in [0.717, 1.165) is 5.75 Å². The molecule has 3 rings (SSSR count). The first-order valence-corrected chi connectivity index (χ1v) is 8.78. The van der Waals surface area contributed by atoms with Crippen LogP contribution in [0.15, 0.2) is 42.5 Å². The molecule has 1 N–H and O–H groups in total. The van der Waals surface area contributed by atoms with E-state index in [1.54, 1.807) is 0 Å². The minimum absolute atomic E-state index is 0.0263. The summed E-state index contributed by atoms with van der Waals surface area (Å²) in [5.41, 5.74) is 0.462. The van der Waals surface area contributed by atoms with E-state index in [9.17, 15) is 9.18 Å². The number of fused-ring (bicyclic) bond motifs is 1. The number of hydrogen-bond donors (Lipinski definition) is 1. The van der Waals surface area contributed by atoms with Gasteiger partial charge in [0.25, 0.3) is 0 Å². The molecule has 1 heterocycles. The van der Waals surface area contributed by atoms with Gasteiger partial charge < -0.3 is 14.8 Å². The predicted octanol–water partition coefficient (Wildman–Crippen LogP) is 3.58. The largest absolute Gasteiger partial charge is 0.486 e. The molecule has 0 fully saturated rings. The number of rotatable bonds is 6. The monoisotopic (exact) mass is 378 g/mol. The third-order valence-electron chi connectivity index (χ3n) is 4.05. The van der Waals surface area contributed by atoms with Crippen molar-refractivity contribution in [3.05, 3.63) is 53.3 Å². The third kappa shape index (κ3) is 4.65. The Labute approximate surface area is 156 Å². The summed E-state index contributed by atoms with van der Waals surface area (Å²) in [6.45, 7) is 3.83. The average Bonchev–Trinajstić information content (AvgIpc) is 2.64. The second kappa shape index (κ2) is 8.38. The Morgan fingerprint density at radius 1 is 1.31 bits per heavy atom. The Hall–Kier alpha value is -2.31. The maximum atomic E-state index is 13.2. The number of amides is 1. The molecule has 0 bridgehead atoms. The number of benzene rings is 2. The molecule has 5 nitrogen and oxygen atoms in total. The van der Waals surface area contributed by atoms with Gasteiger partial charge in [0.2, 0.25) is 5.91 Å². The summed E-state index contributed by atoms with van der Waals surface area (Å²) in [4.78, 5) is 14.2. The molecule has 1 amide bonds. The van der Waals surface area contributed by atoms with Crippen molar-refractivity contribution >= 4 is 23.2 Å². The fraction of sp³-hybridized carbons (Fsp3) is 0.316. The molecule has 0 saturated heterocycles. The van der Waals surface area contributed by atoms with Crippen molar-refractivity contribution < 1.29 is 18.7 Å². The highest BCUT2D eigenvalue weighted by Gasteiger charge is 2.23. The number of halogens is 2. The van der Waals surface area contributed by atoms with Gasteiger partial charge in [-0.1, -0.05) is 30.7 Å². The van der Waals surface area contributed by atoms with E-state index in [-0.39, 0.29) is 23.6 Å². The van der Waals surface area contributed by atoms with Gasteiger partial charge in [0.15, 0.2) is 11.5 Å². The molecule has 0 aliphatic carbocycles. The minimum Gasteiger partial charge on any atom is -0.486 e.